The summed E-state index contributed by atoms with van der Waals surface area (Å²) in [5.41, 5.74) is 13.9. The van der Waals surface area contributed by atoms with E-state index in [-0.39, 0.29) is 0 Å². The van der Waals surface area contributed by atoms with Crippen molar-refractivity contribution in [1.29, 1.82) is 0 Å². The monoisotopic (exact) mass is 751 g/mol. The zero-order chi connectivity index (χ0) is 38.6. The number of nitrogens with zero attached hydrogens (tertiary/aromatic N) is 1. The van der Waals surface area contributed by atoms with Crippen LogP contribution in [0.3, 0.4) is 0 Å². The maximum atomic E-state index is 6.82. The van der Waals surface area contributed by atoms with E-state index in [4.69, 9.17) is 8.83 Å². The Hall–Kier alpha value is -7.88. The van der Waals surface area contributed by atoms with Gasteiger partial charge in [-0.2, -0.15) is 0 Å². The van der Waals surface area contributed by atoms with Crippen LogP contribution in [0.4, 0.5) is 0 Å². The third-order valence-electron chi connectivity index (χ3n) is 12.4. The summed E-state index contributed by atoms with van der Waals surface area (Å²) < 4.78 is 16.0. The molecule has 0 N–H and O–H groups in total. The van der Waals surface area contributed by atoms with Gasteiger partial charge < -0.3 is 13.4 Å². The summed E-state index contributed by atoms with van der Waals surface area (Å²) in [7, 11) is 0. The molecule has 10 aromatic carbocycles. The van der Waals surface area contributed by atoms with Gasteiger partial charge in [-0.3, -0.25) is 0 Å². The number of hydrogen-bond donors (Lipinski definition) is 0. The van der Waals surface area contributed by atoms with Crippen molar-refractivity contribution in [3.8, 4) is 39.1 Å². The van der Waals surface area contributed by atoms with Crippen molar-refractivity contribution in [1.82, 2.24) is 4.57 Å². The highest BCUT2D eigenvalue weighted by atomic mass is 16.3. The van der Waals surface area contributed by atoms with Crippen LogP contribution in [0.25, 0.3) is 126 Å². The third-order valence-corrected chi connectivity index (χ3v) is 12.4. The summed E-state index contributed by atoms with van der Waals surface area (Å²) in [5.74, 6) is 0. The number of fused-ring (bicyclic) bond motifs is 11. The third kappa shape index (κ3) is 4.64. The molecule has 0 fully saturated rings. The Balaban J connectivity index is 1.03. The van der Waals surface area contributed by atoms with Crippen LogP contribution >= 0.6 is 0 Å². The molecule has 3 heteroatoms. The topological polar surface area (TPSA) is 31.2 Å². The minimum absolute atomic E-state index is 0.842. The summed E-state index contributed by atoms with van der Waals surface area (Å²) >= 11 is 0. The first-order valence-corrected chi connectivity index (χ1v) is 20.2. The molecule has 13 aromatic rings. The Morgan fingerprint density at radius 3 is 1.34 bits per heavy atom. The lowest BCUT2D eigenvalue weighted by atomic mass is 9.85. The largest absolute Gasteiger partial charge is 0.455 e. The molecule has 0 aliphatic carbocycles. The minimum atomic E-state index is 0.842. The summed E-state index contributed by atoms with van der Waals surface area (Å²) in [5, 5.41) is 11.5. The van der Waals surface area contributed by atoms with E-state index in [1.54, 1.807) is 0 Å². The molecule has 0 amide bonds. The molecule has 59 heavy (non-hydrogen) atoms. The zero-order valence-corrected chi connectivity index (χ0v) is 31.8. The van der Waals surface area contributed by atoms with Gasteiger partial charge in [-0.05, 0) is 92.3 Å². The molecule has 13 rings (SSSR count). The molecule has 274 valence electrons. The Morgan fingerprint density at radius 1 is 0.271 bits per heavy atom. The predicted molar refractivity (Wildman–Crippen MR) is 247 cm³/mol. The second kappa shape index (κ2) is 12.3. The van der Waals surface area contributed by atoms with Gasteiger partial charge in [-0.1, -0.05) is 152 Å². The number of rotatable bonds is 4. The van der Waals surface area contributed by atoms with Crippen LogP contribution in [-0.2, 0) is 0 Å². The Morgan fingerprint density at radius 2 is 0.729 bits per heavy atom. The van der Waals surface area contributed by atoms with Gasteiger partial charge in [-0.15, -0.1) is 0 Å². The van der Waals surface area contributed by atoms with E-state index < -0.39 is 0 Å². The molecule has 0 spiro atoms. The van der Waals surface area contributed by atoms with Crippen LogP contribution in [0.5, 0.6) is 0 Å². The molecule has 3 nitrogen and oxygen atoms in total. The summed E-state index contributed by atoms with van der Waals surface area (Å²) in [4.78, 5) is 0. The van der Waals surface area contributed by atoms with Crippen LogP contribution in [0.1, 0.15) is 0 Å². The summed E-state index contributed by atoms with van der Waals surface area (Å²) in [6.07, 6.45) is 0. The van der Waals surface area contributed by atoms with E-state index in [0.29, 0.717) is 0 Å². The van der Waals surface area contributed by atoms with Crippen LogP contribution in [0.15, 0.2) is 209 Å². The SMILES string of the molecule is c1ccc(-n2c3ccccc3c3cc(-c4ccc(-c5c6ccccc6c(-c6c7oc8ccccc8c7cc7c6oc6ccccc67)c6ccccc56)cc4)ccc32)cc1. The fraction of sp³-hybridized carbons (Fsp3) is 0. The number of hydrogen-bond acceptors (Lipinski definition) is 2. The molecule has 3 heterocycles. The van der Waals surface area contributed by atoms with Gasteiger partial charge in [-0.25, -0.2) is 0 Å². The molecule has 0 saturated carbocycles. The lowest BCUT2D eigenvalue weighted by Gasteiger charge is -2.18. The average Bonchev–Trinajstić information content (AvgIpc) is 3.97. The summed E-state index contributed by atoms with van der Waals surface area (Å²) in [6, 6.07) is 71.9. The first-order valence-electron chi connectivity index (χ1n) is 20.2. The molecular weight excluding hydrogens is 719 g/mol. The maximum Gasteiger partial charge on any atom is 0.147 e. The van der Waals surface area contributed by atoms with E-state index in [9.17, 15) is 0 Å². The standard InChI is InChI=1S/C56H33NO2/c1-2-14-37(15-3-1)57-48-23-11-8-16-38(48)45-32-36(30-31-49(45)57)34-26-28-35(29-27-34)52-41-19-4-6-21-43(41)53(44-22-7-5-20-42(44)52)54-55-46(39-17-9-12-24-50(39)58-55)33-47-40-18-10-13-25-51(40)59-56(47)54/h1-33H. The van der Waals surface area contributed by atoms with E-state index >= 15 is 0 Å². The fourth-order valence-corrected chi connectivity index (χ4v) is 9.81. The summed E-state index contributed by atoms with van der Waals surface area (Å²) in [6.45, 7) is 0. The van der Waals surface area contributed by atoms with Crippen LogP contribution in [0.2, 0.25) is 0 Å². The molecule has 0 bridgehead atoms. The highest BCUT2D eigenvalue weighted by molar-refractivity contribution is 6.29. The lowest BCUT2D eigenvalue weighted by Crippen LogP contribution is -1.93. The number of benzene rings is 10. The Kier molecular flexibility index (Phi) is 6.72. The quantitative estimate of drug-likeness (QED) is 0.168. The Labute approximate surface area is 338 Å². The van der Waals surface area contributed by atoms with Crippen molar-refractivity contribution in [3.05, 3.63) is 200 Å². The van der Waals surface area contributed by atoms with E-state index in [1.165, 1.54) is 54.8 Å². The molecule has 0 saturated heterocycles. The molecule has 0 unspecified atom stereocenters. The normalized spacial score (nSPS) is 12.1. The van der Waals surface area contributed by atoms with E-state index in [2.05, 4.69) is 193 Å². The van der Waals surface area contributed by atoms with Crippen LogP contribution in [-0.4, -0.2) is 4.57 Å². The van der Waals surface area contributed by atoms with Crippen LogP contribution < -0.4 is 0 Å². The second-order valence-electron chi connectivity index (χ2n) is 15.5. The van der Waals surface area contributed by atoms with Crippen molar-refractivity contribution in [2.75, 3.05) is 0 Å². The van der Waals surface area contributed by atoms with Gasteiger partial charge in [0.1, 0.15) is 22.3 Å². The second-order valence-corrected chi connectivity index (χ2v) is 15.5. The minimum Gasteiger partial charge on any atom is -0.455 e. The van der Waals surface area contributed by atoms with Gasteiger partial charge in [0, 0.05) is 43.6 Å². The van der Waals surface area contributed by atoms with Crippen molar-refractivity contribution in [2.24, 2.45) is 0 Å². The van der Waals surface area contributed by atoms with Gasteiger partial charge in [0.25, 0.3) is 0 Å². The smallest absolute Gasteiger partial charge is 0.147 e. The highest BCUT2D eigenvalue weighted by Crippen LogP contribution is 2.50. The first-order chi connectivity index (χ1) is 29.3. The van der Waals surface area contributed by atoms with E-state index in [0.717, 1.165) is 71.5 Å². The Bertz CT molecular complexity index is 3680. The molecule has 3 aromatic heterocycles. The average molecular weight is 752 g/mol. The van der Waals surface area contributed by atoms with Crippen molar-refractivity contribution < 1.29 is 8.83 Å². The molecule has 0 radical (unpaired) electrons. The van der Waals surface area contributed by atoms with Crippen LogP contribution in [0, 0.1) is 0 Å². The van der Waals surface area contributed by atoms with Crippen molar-refractivity contribution in [2.45, 2.75) is 0 Å². The molecular formula is C56H33NO2. The van der Waals surface area contributed by atoms with Crippen molar-refractivity contribution >= 4 is 87.2 Å². The molecule has 0 aliphatic rings. The highest BCUT2D eigenvalue weighted by Gasteiger charge is 2.25. The zero-order valence-electron chi connectivity index (χ0n) is 31.8. The van der Waals surface area contributed by atoms with Gasteiger partial charge >= 0.3 is 0 Å². The van der Waals surface area contributed by atoms with Gasteiger partial charge in [0.05, 0.1) is 16.6 Å². The lowest BCUT2D eigenvalue weighted by molar-refractivity contribution is 0.658. The maximum absolute atomic E-state index is 6.82. The number of para-hydroxylation sites is 4. The van der Waals surface area contributed by atoms with E-state index in [1.807, 2.05) is 12.1 Å². The van der Waals surface area contributed by atoms with Crippen molar-refractivity contribution in [3.63, 3.8) is 0 Å². The molecule has 0 atom stereocenters. The van der Waals surface area contributed by atoms with Gasteiger partial charge in [0.2, 0.25) is 0 Å². The fourth-order valence-electron chi connectivity index (χ4n) is 9.81. The molecule has 0 aliphatic heterocycles. The number of aromatic nitrogens is 1. The van der Waals surface area contributed by atoms with Gasteiger partial charge in [0.15, 0.2) is 0 Å². The predicted octanol–water partition coefficient (Wildman–Crippen LogP) is 15.9. The first kappa shape index (κ1) is 32.2. The number of furan rings is 2.